The summed E-state index contributed by atoms with van der Waals surface area (Å²) in [6.45, 7) is 4.12. The molecule has 1 aliphatic rings. The van der Waals surface area contributed by atoms with Crippen molar-refractivity contribution in [3.05, 3.63) is 45.4 Å². The van der Waals surface area contributed by atoms with Gasteiger partial charge in [-0.25, -0.2) is 0 Å². The number of carbonyl (C=O) groups excluding carboxylic acids is 1. The molecule has 0 radical (unpaired) electrons. The van der Waals surface area contributed by atoms with Crippen LogP contribution in [0, 0.1) is 6.92 Å². The number of carbonyl (C=O) groups is 1. The third-order valence-corrected chi connectivity index (χ3v) is 3.36. The molecule has 2 heterocycles. The zero-order valence-corrected chi connectivity index (χ0v) is 11.3. The summed E-state index contributed by atoms with van der Waals surface area (Å²) >= 11 is 0. The van der Waals surface area contributed by atoms with Gasteiger partial charge in [0.1, 0.15) is 5.56 Å². The lowest BCUT2D eigenvalue weighted by molar-refractivity contribution is 0.0955. The highest BCUT2D eigenvalue weighted by Gasteiger charge is 2.13. The summed E-state index contributed by atoms with van der Waals surface area (Å²) < 4.78 is 0. The van der Waals surface area contributed by atoms with Gasteiger partial charge >= 0.3 is 0 Å². The molecule has 0 saturated carbocycles. The zero-order valence-electron chi connectivity index (χ0n) is 11.3. The topological polar surface area (TPSA) is 65.2 Å². The minimum atomic E-state index is -0.315. The predicted octanol–water partition coefficient (Wildman–Crippen LogP) is 0.675. The van der Waals surface area contributed by atoms with Gasteiger partial charge in [0, 0.05) is 37.6 Å². The minimum Gasteiger partial charge on any atom is -0.366 e. The van der Waals surface area contributed by atoms with Gasteiger partial charge in [-0.2, -0.15) is 0 Å². The molecule has 0 saturated heterocycles. The van der Waals surface area contributed by atoms with Crippen LogP contribution < -0.4 is 10.7 Å². The summed E-state index contributed by atoms with van der Waals surface area (Å²) in [7, 11) is 2.07. The van der Waals surface area contributed by atoms with Crippen LogP contribution >= 0.6 is 0 Å². The van der Waals surface area contributed by atoms with Crippen molar-refractivity contribution in [2.24, 2.45) is 0 Å². The quantitative estimate of drug-likeness (QED) is 0.786. The average molecular weight is 261 g/mol. The maximum absolute atomic E-state index is 12.0. The molecule has 0 spiro atoms. The first-order chi connectivity index (χ1) is 9.08. The van der Waals surface area contributed by atoms with Crippen molar-refractivity contribution < 1.29 is 4.79 Å². The van der Waals surface area contributed by atoms with E-state index in [1.54, 1.807) is 13.1 Å². The molecule has 0 fully saturated rings. The van der Waals surface area contributed by atoms with Crippen molar-refractivity contribution >= 4 is 5.91 Å². The molecule has 0 aliphatic carbocycles. The summed E-state index contributed by atoms with van der Waals surface area (Å²) in [4.78, 5) is 28.8. The van der Waals surface area contributed by atoms with Crippen molar-refractivity contribution in [2.75, 3.05) is 26.7 Å². The molecule has 102 valence electrons. The highest BCUT2D eigenvalue weighted by molar-refractivity contribution is 5.94. The third kappa shape index (κ3) is 3.32. The number of hydrogen-bond acceptors (Lipinski definition) is 3. The first-order valence-corrected chi connectivity index (χ1v) is 6.40. The summed E-state index contributed by atoms with van der Waals surface area (Å²) in [6, 6.07) is 0. The lowest BCUT2D eigenvalue weighted by atomic mass is 10.1. The van der Waals surface area contributed by atoms with E-state index in [1.807, 2.05) is 0 Å². The molecule has 0 aromatic carbocycles. The fraction of sp³-hybridized carbons (Fsp3) is 0.429. The Balaban J connectivity index is 1.98. The normalized spacial score (nSPS) is 16.0. The third-order valence-electron chi connectivity index (χ3n) is 3.36. The van der Waals surface area contributed by atoms with Crippen LogP contribution in [0.15, 0.2) is 28.8 Å². The smallest absolute Gasteiger partial charge is 0.257 e. The second-order valence-corrected chi connectivity index (χ2v) is 4.94. The second kappa shape index (κ2) is 5.84. The van der Waals surface area contributed by atoms with E-state index in [1.165, 1.54) is 11.8 Å². The molecular formula is C14H19N3O2. The molecule has 0 bridgehead atoms. The van der Waals surface area contributed by atoms with Crippen LogP contribution in [0.5, 0.6) is 0 Å². The number of pyridine rings is 1. The summed E-state index contributed by atoms with van der Waals surface area (Å²) in [5.74, 6) is -0.315. The molecule has 5 heteroatoms. The first kappa shape index (κ1) is 13.5. The Morgan fingerprint density at radius 1 is 1.47 bits per heavy atom. The first-order valence-electron chi connectivity index (χ1n) is 6.40. The Morgan fingerprint density at radius 2 is 2.26 bits per heavy atom. The van der Waals surface area contributed by atoms with Gasteiger partial charge in [0.05, 0.1) is 0 Å². The standard InChI is InChI=1S/C14H19N3O2/c1-10-7-15-9-12(13(10)18)14(19)16-8-11-3-5-17(2)6-4-11/h3,7,9H,4-6,8H2,1-2H3,(H,15,18)(H,16,19). The Hall–Kier alpha value is -1.88. The number of nitrogens with one attached hydrogen (secondary N) is 2. The molecule has 2 rings (SSSR count). The SMILES string of the molecule is Cc1c[nH]cc(C(=O)NCC2=CCN(C)CC2)c1=O. The lowest BCUT2D eigenvalue weighted by Crippen LogP contribution is -2.33. The van der Waals surface area contributed by atoms with Crippen LogP contribution in [-0.2, 0) is 0 Å². The number of rotatable bonds is 3. The minimum absolute atomic E-state index is 0.175. The molecule has 1 amide bonds. The molecule has 5 nitrogen and oxygen atoms in total. The van der Waals surface area contributed by atoms with E-state index in [0.717, 1.165) is 19.5 Å². The molecule has 1 aromatic rings. The van der Waals surface area contributed by atoms with Gasteiger partial charge in [-0.3, -0.25) is 9.59 Å². The fourth-order valence-electron chi connectivity index (χ4n) is 2.02. The van der Waals surface area contributed by atoms with Crippen LogP contribution in [0.25, 0.3) is 0 Å². The van der Waals surface area contributed by atoms with E-state index >= 15 is 0 Å². The lowest BCUT2D eigenvalue weighted by Gasteiger charge is -2.22. The van der Waals surface area contributed by atoms with E-state index in [2.05, 4.69) is 28.3 Å². The molecule has 1 aliphatic heterocycles. The maximum Gasteiger partial charge on any atom is 0.257 e. The predicted molar refractivity (Wildman–Crippen MR) is 74.3 cm³/mol. The van der Waals surface area contributed by atoms with Gasteiger partial charge in [0.2, 0.25) is 0 Å². The van der Waals surface area contributed by atoms with E-state index < -0.39 is 0 Å². The molecule has 0 unspecified atom stereocenters. The number of aromatic nitrogens is 1. The Morgan fingerprint density at radius 3 is 2.95 bits per heavy atom. The number of aryl methyl sites for hydroxylation is 1. The number of nitrogens with zero attached hydrogens (tertiary/aromatic N) is 1. The maximum atomic E-state index is 12.0. The second-order valence-electron chi connectivity index (χ2n) is 4.94. The van der Waals surface area contributed by atoms with Crippen molar-refractivity contribution in [3.8, 4) is 0 Å². The molecule has 0 atom stereocenters. The van der Waals surface area contributed by atoms with Crippen LogP contribution in [0.1, 0.15) is 22.3 Å². The van der Waals surface area contributed by atoms with Gasteiger partial charge < -0.3 is 15.2 Å². The average Bonchev–Trinajstić information content (AvgIpc) is 2.41. The number of hydrogen-bond donors (Lipinski definition) is 2. The largest absolute Gasteiger partial charge is 0.366 e. The van der Waals surface area contributed by atoms with Crippen molar-refractivity contribution in [3.63, 3.8) is 0 Å². The van der Waals surface area contributed by atoms with Gasteiger partial charge in [-0.05, 0) is 20.4 Å². The van der Waals surface area contributed by atoms with E-state index in [0.29, 0.717) is 12.1 Å². The van der Waals surface area contributed by atoms with E-state index in [4.69, 9.17) is 0 Å². The zero-order chi connectivity index (χ0) is 13.8. The van der Waals surface area contributed by atoms with Crippen LogP contribution in [-0.4, -0.2) is 42.5 Å². The number of aromatic amines is 1. The van der Waals surface area contributed by atoms with Crippen LogP contribution in [0.4, 0.5) is 0 Å². The van der Waals surface area contributed by atoms with E-state index in [-0.39, 0.29) is 16.9 Å². The van der Waals surface area contributed by atoms with Gasteiger partial charge in [-0.15, -0.1) is 0 Å². The van der Waals surface area contributed by atoms with E-state index in [9.17, 15) is 9.59 Å². The van der Waals surface area contributed by atoms with Crippen molar-refractivity contribution in [1.29, 1.82) is 0 Å². The van der Waals surface area contributed by atoms with Crippen LogP contribution in [0.2, 0.25) is 0 Å². The number of amides is 1. The number of likely N-dealkylation sites (N-methyl/N-ethyl adjacent to an activating group) is 1. The fourth-order valence-corrected chi connectivity index (χ4v) is 2.02. The summed E-state index contributed by atoms with van der Waals surface area (Å²) in [5.41, 5.74) is 1.73. The molecule has 1 aromatic heterocycles. The van der Waals surface area contributed by atoms with Crippen molar-refractivity contribution in [1.82, 2.24) is 15.2 Å². The molecular weight excluding hydrogens is 242 g/mol. The molecule has 19 heavy (non-hydrogen) atoms. The Bertz CT molecular complexity index is 560. The van der Waals surface area contributed by atoms with Crippen LogP contribution in [0.3, 0.4) is 0 Å². The molecule has 2 N–H and O–H groups in total. The number of H-pyrrole nitrogens is 1. The monoisotopic (exact) mass is 261 g/mol. The van der Waals surface area contributed by atoms with Gasteiger partial charge in [0.15, 0.2) is 5.43 Å². The van der Waals surface area contributed by atoms with Crippen molar-refractivity contribution in [2.45, 2.75) is 13.3 Å². The summed E-state index contributed by atoms with van der Waals surface area (Å²) in [6.07, 6.45) is 6.14. The highest BCUT2D eigenvalue weighted by Crippen LogP contribution is 2.07. The van der Waals surface area contributed by atoms with Gasteiger partial charge in [0.25, 0.3) is 5.91 Å². The highest BCUT2D eigenvalue weighted by atomic mass is 16.2. The summed E-state index contributed by atoms with van der Waals surface area (Å²) in [5, 5.41) is 2.81. The Kier molecular flexibility index (Phi) is 4.16. The van der Waals surface area contributed by atoms with Gasteiger partial charge in [-0.1, -0.05) is 11.6 Å². The Labute approximate surface area is 112 Å².